The summed E-state index contributed by atoms with van der Waals surface area (Å²) in [5.41, 5.74) is -0.250. The number of aromatic amines is 2. The van der Waals surface area contributed by atoms with Crippen molar-refractivity contribution >= 4 is 16.7 Å². The lowest BCUT2D eigenvalue weighted by atomic mass is 10.1. The number of aryl methyl sites for hydroxylation is 1. The fraction of sp³-hybridized carbons (Fsp3) is 0.0714. The van der Waals surface area contributed by atoms with Gasteiger partial charge in [0.05, 0.1) is 11.0 Å². The van der Waals surface area contributed by atoms with E-state index in [4.69, 9.17) is 15.8 Å². The SMILES string of the molecule is Cc1cc2[nH]c(=O)c(=O)[nH]c2cc1NC(C#N)=C(C#N)C#N. The van der Waals surface area contributed by atoms with Gasteiger partial charge in [-0.1, -0.05) is 0 Å². The van der Waals surface area contributed by atoms with Crippen molar-refractivity contribution in [2.45, 2.75) is 6.92 Å². The van der Waals surface area contributed by atoms with E-state index in [0.717, 1.165) is 0 Å². The van der Waals surface area contributed by atoms with Crippen molar-refractivity contribution in [2.75, 3.05) is 5.32 Å². The zero-order valence-electron chi connectivity index (χ0n) is 11.3. The number of nitrogens with zero attached hydrogens (tertiary/aromatic N) is 3. The minimum Gasteiger partial charge on any atom is -0.345 e. The average Bonchev–Trinajstić information content (AvgIpc) is 2.50. The number of H-pyrrole nitrogens is 2. The minimum absolute atomic E-state index is 0.195. The van der Waals surface area contributed by atoms with E-state index in [-0.39, 0.29) is 11.3 Å². The fourth-order valence-corrected chi connectivity index (χ4v) is 1.83. The molecule has 0 radical (unpaired) electrons. The number of rotatable bonds is 2. The van der Waals surface area contributed by atoms with Gasteiger partial charge in [0.1, 0.15) is 23.9 Å². The lowest BCUT2D eigenvalue weighted by Crippen LogP contribution is -2.28. The number of anilines is 1. The van der Waals surface area contributed by atoms with E-state index in [1.165, 1.54) is 6.07 Å². The number of allylic oxidation sites excluding steroid dienone is 2. The van der Waals surface area contributed by atoms with Crippen LogP contribution in [0, 0.1) is 40.9 Å². The third-order valence-corrected chi connectivity index (χ3v) is 2.91. The number of fused-ring (bicyclic) bond motifs is 1. The average molecular weight is 292 g/mol. The Kier molecular flexibility index (Phi) is 3.75. The number of aromatic nitrogens is 2. The predicted molar refractivity (Wildman–Crippen MR) is 77.4 cm³/mol. The molecule has 0 saturated heterocycles. The Labute approximate surface area is 123 Å². The molecule has 0 amide bonds. The smallest absolute Gasteiger partial charge is 0.314 e. The van der Waals surface area contributed by atoms with Crippen LogP contribution in [0.5, 0.6) is 0 Å². The lowest BCUT2D eigenvalue weighted by Gasteiger charge is -2.09. The van der Waals surface area contributed by atoms with E-state index in [1.807, 2.05) is 0 Å². The van der Waals surface area contributed by atoms with E-state index >= 15 is 0 Å². The van der Waals surface area contributed by atoms with E-state index in [0.29, 0.717) is 22.3 Å². The third-order valence-electron chi connectivity index (χ3n) is 2.91. The Hall–Kier alpha value is -3.83. The van der Waals surface area contributed by atoms with Gasteiger partial charge in [0.15, 0.2) is 5.57 Å². The second kappa shape index (κ2) is 5.66. The quantitative estimate of drug-likeness (QED) is 0.549. The summed E-state index contributed by atoms with van der Waals surface area (Å²) in [5, 5.41) is 29.3. The monoisotopic (exact) mass is 292 g/mol. The van der Waals surface area contributed by atoms with Crippen molar-refractivity contribution in [3.05, 3.63) is 49.7 Å². The molecule has 0 fully saturated rings. The summed E-state index contributed by atoms with van der Waals surface area (Å²) in [6.07, 6.45) is 0. The molecule has 0 aliphatic heterocycles. The van der Waals surface area contributed by atoms with Gasteiger partial charge < -0.3 is 15.3 Å². The molecule has 8 nitrogen and oxygen atoms in total. The Balaban J connectivity index is 2.63. The van der Waals surface area contributed by atoms with Crippen LogP contribution < -0.4 is 16.4 Å². The highest BCUT2D eigenvalue weighted by molar-refractivity contribution is 5.81. The molecule has 0 atom stereocenters. The summed E-state index contributed by atoms with van der Waals surface area (Å²) in [6.45, 7) is 1.71. The van der Waals surface area contributed by atoms with Crippen molar-refractivity contribution in [1.82, 2.24) is 9.97 Å². The number of hydrogen-bond donors (Lipinski definition) is 3. The summed E-state index contributed by atoms with van der Waals surface area (Å²) in [6, 6.07) is 8.10. The fourth-order valence-electron chi connectivity index (χ4n) is 1.83. The molecule has 8 heteroatoms. The molecule has 0 bridgehead atoms. The van der Waals surface area contributed by atoms with Crippen molar-refractivity contribution in [2.24, 2.45) is 0 Å². The first-order valence-corrected chi connectivity index (χ1v) is 5.98. The molecule has 1 aromatic heterocycles. The zero-order valence-corrected chi connectivity index (χ0v) is 11.3. The Morgan fingerprint density at radius 2 is 1.55 bits per heavy atom. The maximum absolute atomic E-state index is 11.3. The Morgan fingerprint density at radius 1 is 1.00 bits per heavy atom. The summed E-state index contributed by atoms with van der Waals surface area (Å²) in [7, 11) is 0. The van der Waals surface area contributed by atoms with Crippen LogP contribution in [0.4, 0.5) is 5.69 Å². The molecule has 106 valence electrons. The largest absolute Gasteiger partial charge is 0.345 e. The first-order valence-electron chi connectivity index (χ1n) is 5.98. The first-order chi connectivity index (χ1) is 10.5. The van der Waals surface area contributed by atoms with Gasteiger partial charge >= 0.3 is 11.1 Å². The zero-order chi connectivity index (χ0) is 16.3. The highest BCUT2D eigenvalue weighted by Gasteiger charge is 2.09. The van der Waals surface area contributed by atoms with Crippen molar-refractivity contribution in [3.8, 4) is 18.2 Å². The molecule has 0 unspecified atom stereocenters. The summed E-state index contributed by atoms with van der Waals surface area (Å²) < 4.78 is 0. The van der Waals surface area contributed by atoms with Crippen LogP contribution in [0.15, 0.2) is 33.0 Å². The van der Waals surface area contributed by atoms with Gasteiger partial charge in [0.2, 0.25) is 0 Å². The molecule has 1 aromatic carbocycles. The van der Waals surface area contributed by atoms with Crippen LogP contribution in [0.3, 0.4) is 0 Å². The molecule has 0 saturated carbocycles. The van der Waals surface area contributed by atoms with Crippen molar-refractivity contribution in [1.29, 1.82) is 15.8 Å². The number of nitriles is 3. The standard InChI is InChI=1S/C14H8N6O2/c1-7-2-10-11(20-14(22)13(21)19-10)3-9(7)18-12(6-17)8(4-15)5-16/h2-3,18H,1H3,(H,19,21)(H,20,22). The van der Waals surface area contributed by atoms with Gasteiger partial charge in [0.25, 0.3) is 0 Å². The normalized spacial score (nSPS) is 9.36. The highest BCUT2D eigenvalue weighted by Crippen LogP contribution is 2.21. The topological polar surface area (TPSA) is 149 Å². The molecular formula is C14H8N6O2. The van der Waals surface area contributed by atoms with E-state index in [2.05, 4.69) is 15.3 Å². The van der Waals surface area contributed by atoms with Gasteiger partial charge in [-0.05, 0) is 24.6 Å². The van der Waals surface area contributed by atoms with Crippen LogP contribution in [0.25, 0.3) is 11.0 Å². The first kappa shape index (κ1) is 14.6. The molecule has 2 rings (SSSR count). The number of benzene rings is 1. The highest BCUT2D eigenvalue weighted by atomic mass is 16.2. The van der Waals surface area contributed by atoms with Crippen LogP contribution in [0.1, 0.15) is 5.56 Å². The molecule has 0 aliphatic carbocycles. The van der Waals surface area contributed by atoms with Gasteiger partial charge in [-0.3, -0.25) is 9.59 Å². The number of nitrogens with one attached hydrogen (secondary N) is 3. The molecule has 2 aromatic rings. The second-order valence-electron chi connectivity index (χ2n) is 4.33. The second-order valence-corrected chi connectivity index (χ2v) is 4.33. The molecule has 0 aliphatic rings. The predicted octanol–water partition coefficient (Wildman–Crippen LogP) is 0.762. The van der Waals surface area contributed by atoms with Gasteiger partial charge in [-0.25, -0.2) is 0 Å². The lowest BCUT2D eigenvalue weighted by molar-refractivity contribution is 1.14. The Bertz CT molecular complexity index is 1020. The maximum atomic E-state index is 11.3. The van der Waals surface area contributed by atoms with E-state index < -0.39 is 11.1 Å². The summed E-state index contributed by atoms with van der Waals surface area (Å²) in [4.78, 5) is 27.5. The van der Waals surface area contributed by atoms with Gasteiger partial charge in [-0.2, -0.15) is 15.8 Å². The molecule has 1 heterocycles. The number of hydrogen-bond acceptors (Lipinski definition) is 6. The maximum Gasteiger partial charge on any atom is 0.314 e. The van der Waals surface area contributed by atoms with Crippen LogP contribution in [0.2, 0.25) is 0 Å². The van der Waals surface area contributed by atoms with Crippen molar-refractivity contribution in [3.63, 3.8) is 0 Å². The Morgan fingerprint density at radius 3 is 2.05 bits per heavy atom. The summed E-state index contributed by atoms with van der Waals surface area (Å²) in [5.74, 6) is 0. The van der Waals surface area contributed by atoms with Crippen LogP contribution in [-0.2, 0) is 0 Å². The van der Waals surface area contributed by atoms with Crippen molar-refractivity contribution < 1.29 is 0 Å². The summed E-state index contributed by atoms with van der Waals surface area (Å²) >= 11 is 0. The van der Waals surface area contributed by atoms with Gasteiger partial charge in [0, 0.05) is 5.69 Å². The minimum atomic E-state index is -0.798. The third kappa shape index (κ3) is 2.55. The van der Waals surface area contributed by atoms with Crippen LogP contribution >= 0.6 is 0 Å². The van der Waals surface area contributed by atoms with Gasteiger partial charge in [-0.15, -0.1) is 0 Å². The van der Waals surface area contributed by atoms with E-state index in [9.17, 15) is 9.59 Å². The molecule has 22 heavy (non-hydrogen) atoms. The molecular weight excluding hydrogens is 284 g/mol. The molecule has 0 spiro atoms. The van der Waals surface area contributed by atoms with E-state index in [1.54, 1.807) is 31.2 Å². The molecule has 3 N–H and O–H groups in total. The van der Waals surface area contributed by atoms with Crippen LogP contribution in [-0.4, -0.2) is 9.97 Å².